The van der Waals surface area contributed by atoms with Crippen molar-refractivity contribution in [3.8, 4) is 11.4 Å². The summed E-state index contributed by atoms with van der Waals surface area (Å²) >= 11 is 6.05. The highest BCUT2D eigenvalue weighted by Crippen LogP contribution is 2.22. The Balaban J connectivity index is 1.14. The summed E-state index contributed by atoms with van der Waals surface area (Å²) in [6.07, 6.45) is 5.37. The molecule has 4 rings (SSSR count). The molecule has 1 aromatic carbocycles. The average molecular weight is 460 g/mol. The van der Waals surface area contributed by atoms with Crippen molar-refractivity contribution < 1.29 is 9.32 Å². The number of aromatic nitrogens is 2. The van der Waals surface area contributed by atoms with Gasteiger partial charge in [-0.2, -0.15) is 4.98 Å². The highest BCUT2D eigenvalue weighted by atomic mass is 35.5. The van der Waals surface area contributed by atoms with E-state index < -0.39 is 0 Å². The van der Waals surface area contributed by atoms with E-state index in [0.717, 1.165) is 56.9 Å². The van der Waals surface area contributed by atoms with E-state index in [-0.39, 0.29) is 11.8 Å². The van der Waals surface area contributed by atoms with E-state index in [9.17, 15) is 4.79 Å². The van der Waals surface area contributed by atoms with Crippen molar-refractivity contribution >= 4 is 17.5 Å². The predicted octanol–water partition coefficient (Wildman–Crippen LogP) is 3.84. The Morgan fingerprint density at radius 1 is 1.16 bits per heavy atom. The summed E-state index contributed by atoms with van der Waals surface area (Å²) in [5.41, 5.74) is 0.845. The molecule has 174 valence electrons. The Bertz CT molecular complexity index is 873. The van der Waals surface area contributed by atoms with Crippen LogP contribution in [0.15, 0.2) is 28.8 Å². The molecular formula is C24H34ClN5O2. The first-order valence-electron chi connectivity index (χ1n) is 11.9. The summed E-state index contributed by atoms with van der Waals surface area (Å²) in [6, 6.07) is 7.43. The molecule has 8 heteroatoms. The first-order chi connectivity index (χ1) is 15.6. The van der Waals surface area contributed by atoms with Crippen molar-refractivity contribution in [2.45, 2.75) is 45.6 Å². The van der Waals surface area contributed by atoms with Crippen molar-refractivity contribution in [1.82, 2.24) is 25.3 Å². The summed E-state index contributed by atoms with van der Waals surface area (Å²) in [7, 11) is 0. The van der Waals surface area contributed by atoms with Crippen LogP contribution in [0.2, 0.25) is 5.02 Å². The molecule has 0 radical (unpaired) electrons. The number of carbonyl (C=O) groups excluding carboxylic acids is 1. The third-order valence-corrected chi connectivity index (χ3v) is 6.93. The standard InChI is InChI=1S/C24H34ClN5O2/c1-18-6-12-29(13-7-18)11-3-10-26-24(31)19-8-14-30(15-9-19)17-22-27-23(28-32-22)20-4-2-5-21(25)16-20/h2,4-5,16,18-19H,3,6-15,17H2,1H3,(H,26,31). The van der Waals surface area contributed by atoms with Gasteiger partial charge in [-0.25, -0.2) is 0 Å². The number of piperidine rings is 2. The number of likely N-dealkylation sites (tertiary alicyclic amines) is 2. The van der Waals surface area contributed by atoms with Crippen molar-refractivity contribution in [2.75, 3.05) is 39.3 Å². The molecule has 2 aliphatic heterocycles. The smallest absolute Gasteiger partial charge is 0.241 e. The maximum atomic E-state index is 12.6. The van der Waals surface area contributed by atoms with E-state index in [1.165, 1.54) is 25.9 Å². The molecule has 32 heavy (non-hydrogen) atoms. The van der Waals surface area contributed by atoms with Crippen LogP contribution in [-0.2, 0) is 11.3 Å². The van der Waals surface area contributed by atoms with Gasteiger partial charge in [-0.1, -0.05) is 35.8 Å². The Morgan fingerprint density at radius 3 is 2.66 bits per heavy atom. The number of nitrogens with zero attached hydrogens (tertiary/aromatic N) is 4. The van der Waals surface area contributed by atoms with Gasteiger partial charge in [0.05, 0.1) is 6.54 Å². The summed E-state index contributed by atoms with van der Waals surface area (Å²) in [5.74, 6) is 2.32. The second-order valence-corrected chi connectivity index (χ2v) is 9.68. The van der Waals surface area contributed by atoms with Crippen LogP contribution in [0, 0.1) is 11.8 Å². The van der Waals surface area contributed by atoms with Gasteiger partial charge in [0.1, 0.15) is 0 Å². The lowest BCUT2D eigenvalue weighted by Gasteiger charge is -2.31. The molecule has 1 amide bonds. The molecule has 2 saturated heterocycles. The maximum Gasteiger partial charge on any atom is 0.241 e. The molecule has 7 nitrogen and oxygen atoms in total. The number of hydrogen-bond acceptors (Lipinski definition) is 6. The van der Waals surface area contributed by atoms with Crippen LogP contribution in [0.1, 0.15) is 44.9 Å². The van der Waals surface area contributed by atoms with Crippen molar-refractivity contribution in [1.29, 1.82) is 0 Å². The van der Waals surface area contributed by atoms with E-state index in [1.807, 2.05) is 24.3 Å². The summed E-state index contributed by atoms with van der Waals surface area (Å²) in [4.78, 5) is 21.9. The third-order valence-electron chi connectivity index (χ3n) is 6.69. The molecule has 0 aliphatic carbocycles. The second kappa shape index (κ2) is 11.3. The number of rotatable bonds is 8. The van der Waals surface area contributed by atoms with E-state index in [1.54, 1.807) is 0 Å². The number of carbonyl (C=O) groups is 1. The zero-order chi connectivity index (χ0) is 22.3. The summed E-state index contributed by atoms with van der Waals surface area (Å²) < 4.78 is 5.43. The predicted molar refractivity (Wildman–Crippen MR) is 125 cm³/mol. The van der Waals surface area contributed by atoms with Crippen LogP contribution in [-0.4, -0.2) is 65.1 Å². The van der Waals surface area contributed by atoms with Gasteiger partial charge in [0.25, 0.3) is 0 Å². The largest absolute Gasteiger partial charge is 0.356 e. The number of amides is 1. The minimum atomic E-state index is 0.104. The van der Waals surface area contributed by atoms with E-state index in [0.29, 0.717) is 23.3 Å². The van der Waals surface area contributed by atoms with Crippen LogP contribution < -0.4 is 5.32 Å². The highest BCUT2D eigenvalue weighted by Gasteiger charge is 2.26. The quantitative estimate of drug-likeness (QED) is 0.604. The van der Waals surface area contributed by atoms with Gasteiger partial charge in [0.15, 0.2) is 0 Å². The van der Waals surface area contributed by atoms with Gasteiger partial charge in [-0.3, -0.25) is 9.69 Å². The van der Waals surface area contributed by atoms with E-state index in [2.05, 4.69) is 32.2 Å². The molecule has 2 aromatic rings. The zero-order valence-corrected chi connectivity index (χ0v) is 19.7. The van der Waals surface area contributed by atoms with Gasteiger partial charge in [0, 0.05) is 23.0 Å². The van der Waals surface area contributed by atoms with E-state index in [4.69, 9.17) is 16.1 Å². The normalized spacial score (nSPS) is 19.3. The number of halogens is 1. The van der Waals surface area contributed by atoms with Crippen LogP contribution in [0.4, 0.5) is 0 Å². The number of nitrogens with one attached hydrogen (secondary N) is 1. The van der Waals surface area contributed by atoms with Crippen molar-refractivity contribution in [3.05, 3.63) is 35.2 Å². The van der Waals surface area contributed by atoms with Gasteiger partial charge in [-0.15, -0.1) is 0 Å². The molecule has 1 N–H and O–H groups in total. The van der Waals surface area contributed by atoms with Crippen molar-refractivity contribution in [2.24, 2.45) is 11.8 Å². The molecule has 0 saturated carbocycles. The first kappa shape index (κ1) is 23.2. The van der Waals surface area contributed by atoms with Gasteiger partial charge in [-0.05, 0) is 82.9 Å². The molecule has 0 atom stereocenters. The minimum absolute atomic E-state index is 0.104. The average Bonchev–Trinajstić information content (AvgIpc) is 3.27. The molecule has 3 heterocycles. The first-order valence-corrected chi connectivity index (χ1v) is 12.3. The Morgan fingerprint density at radius 2 is 1.91 bits per heavy atom. The Hall–Kier alpha value is -1.96. The Labute approximate surface area is 195 Å². The third kappa shape index (κ3) is 6.53. The van der Waals surface area contributed by atoms with Crippen LogP contribution in [0.5, 0.6) is 0 Å². The molecule has 0 bridgehead atoms. The number of benzene rings is 1. The molecule has 0 spiro atoms. The van der Waals surface area contributed by atoms with E-state index >= 15 is 0 Å². The highest BCUT2D eigenvalue weighted by molar-refractivity contribution is 6.30. The van der Waals surface area contributed by atoms with Gasteiger partial charge in [0.2, 0.25) is 17.6 Å². The number of hydrogen-bond donors (Lipinski definition) is 1. The lowest BCUT2D eigenvalue weighted by Crippen LogP contribution is -2.41. The zero-order valence-electron chi connectivity index (χ0n) is 18.9. The van der Waals surface area contributed by atoms with Crippen LogP contribution in [0.3, 0.4) is 0 Å². The minimum Gasteiger partial charge on any atom is -0.356 e. The maximum absolute atomic E-state index is 12.6. The summed E-state index contributed by atoms with van der Waals surface area (Å²) in [6.45, 7) is 8.94. The van der Waals surface area contributed by atoms with Gasteiger partial charge >= 0.3 is 0 Å². The molecule has 1 aromatic heterocycles. The van der Waals surface area contributed by atoms with Crippen LogP contribution >= 0.6 is 11.6 Å². The SMILES string of the molecule is CC1CCN(CCCNC(=O)C2CCN(Cc3nc(-c4cccc(Cl)c4)no3)CC2)CC1. The topological polar surface area (TPSA) is 74.5 Å². The van der Waals surface area contributed by atoms with Crippen LogP contribution in [0.25, 0.3) is 11.4 Å². The Kier molecular flexibility index (Phi) is 8.16. The van der Waals surface area contributed by atoms with Gasteiger partial charge < -0.3 is 14.7 Å². The fourth-order valence-corrected chi connectivity index (χ4v) is 4.74. The lowest BCUT2D eigenvalue weighted by molar-refractivity contribution is -0.126. The fourth-order valence-electron chi connectivity index (χ4n) is 4.55. The summed E-state index contributed by atoms with van der Waals surface area (Å²) in [5, 5.41) is 7.88. The molecular weight excluding hydrogens is 426 g/mol. The molecule has 0 unspecified atom stereocenters. The lowest BCUT2D eigenvalue weighted by atomic mass is 9.96. The fraction of sp³-hybridized carbons (Fsp3) is 0.625. The second-order valence-electron chi connectivity index (χ2n) is 9.24. The molecule has 2 fully saturated rings. The molecule has 2 aliphatic rings. The van der Waals surface area contributed by atoms with Crippen molar-refractivity contribution in [3.63, 3.8) is 0 Å². The monoisotopic (exact) mass is 459 g/mol.